The van der Waals surface area contributed by atoms with E-state index in [2.05, 4.69) is 10.4 Å². The third-order valence-electron chi connectivity index (χ3n) is 4.42. The Bertz CT molecular complexity index is 862. The Hall–Kier alpha value is -2.22. The number of benzene rings is 1. The Morgan fingerprint density at radius 3 is 2.72 bits per heavy atom. The monoisotopic (exact) mass is 365 g/mol. The van der Waals surface area contributed by atoms with Crippen LogP contribution in [0.3, 0.4) is 0 Å². The van der Waals surface area contributed by atoms with Crippen LogP contribution >= 0.6 is 0 Å². The molecule has 0 radical (unpaired) electrons. The van der Waals surface area contributed by atoms with Gasteiger partial charge in [-0.25, -0.2) is 17.5 Å². The van der Waals surface area contributed by atoms with Crippen molar-refractivity contribution in [2.24, 2.45) is 0 Å². The SMILES string of the molecule is C[C@H](CC(=O)Nc1ccnn1[C@H]1CCS(=O)(=O)C1)c1ccc(F)cc1. The fourth-order valence-corrected chi connectivity index (χ4v) is 4.75. The van der Waals surface area contributed by atoms with Crippen molar-refractivity contribution in [2.45, 2.75) is 31.7 Å². The number of rotatable bonds is 5. The molecule has 3 rings (SSSR count). The average molecular weight is 365 g/mol. The predicted molar refractivity (Wildman–Crippen MR) is 92.6 cm³/mol. The Morgan fingerprint density at radius 2 is 2.08 bits per heavy atom. The molecule has 0 aliphatic carbocycles. The van der Waals surface area contributed by atoms with Gasteiger partial charge in [-0.15, -0.1) is 0 Å². The van der Waals surface area contributed by atoms with Gasteiger partial charge >= 0.3 is 0 Å². The lowest BCUT2D eigenvalue weighted by Crippen LogP contribution is -2.20. The van der Waals surface area contributed by atoms with Crippen molar-refractivity contribution in [3.8, 4) is 0 Å². The first kappa shape index (κ1) is 17.6. The largest absolute Gasteiger partial charge is 0.311 e. The maximum atomic E-state index is 13.0. The minimum atomic E-state index is -3.03. The maximum Gasteiger partial charge on any atom is 0.226 e. The lowest BCUT2D eigenvalue weighted by Gasteiger charge is -2.15. The lowest BCUT2D eigenvalue weighted by atomic mass is 9.97. The number of nitrogens with one attached hydrogen (secondary N) is 1. The number of sulfone groups is 1. The standard InChI is InChI=1S/C17H20FN3O3S/c1-12(13-2-4-14(18)5-3-13)10-17(22)20-16-6-8-19-21(16)15-7-9-25(23,24)11-15/h2-6,8,12,15H,7,9-11H2,1H3,(H,20,22)/t12-,15+/m1/s1. The molecular weight excluding hydrogens is 345 g/mol. The number of hydrogen-bond donors (Lipinski definition) is 1. The summed E-state index contributed by atoms with van der Waals surface area (Å²) in [5, 5.41) is 6.96. The molecule has 1 fully saturated rings. The van der Waals surface area contributed by atoms with E-state index >= 15 is 0 Å². The second-order valence-corrected chi connectivity index (χ2v) is 8.65. The van der Waals surface area contributed by atoms with Gasteiger partial charge in [0.1, 0.15) is 11.6 Å². The molecule has 2 heterocycles. The Balaban J connectivity index is 1.64. The predicted octanol–water partition coefficient (Wildman–Crippen LogP) is 2.51. The summed E-state index contributed by atoms with van der Waals surface area (Å²) < 4.78 is 37.8. The number of anilines is 1. The lowest BCUT2D eigenvalue weighted by molar-refractivity contribution is -0.116. The summed E-state index contributed by atoms with van der Waals surface area (Å²) in [6.07, 6.45) is 2.28. The van der Waals surface area contributed by atoms with E-state index in [-0.39, 0.29) is 41.6 Å². The quantitative estimate of drug-likeness (QED) is 0.883. The highest BCUT2D eigenvalue weighted by molar-refractivity contribution is 7.91. The second kappa shape index (κ2) is 6.95. The number of halogens is 1. The number of aromatic nitrogens is 2. The molecule has 134 valence electrons. The van der Waals surface area contributed by atoms with Crippen LogP contribution in [-0.2, 0) is 14.6 Å². The van der Waals surface area contributed by atoms with Crippen LogP contribution < -0.4 is 5.32 Å². The van der Waals surface area contributed by atoms with Crippen LogP contribution in [0.15, 0.2) is 36.5 Å². The molecular formula is C17H20FN3O3S. The molecule has 25 heavy (non-hydrogen) atoms. The number of carbonyl (C=O) groups excluding carboxylic acids is 1. The fraction of sp³-hybridized carbons (Fsp3) is 0.412. The first-order valence-corrected chi connectivity index (χ1v) is 9.95. The van der Waals surface area contributed by atoms with Crippen LogP contribution in [0.1, 0.15) is 37.3 Å². The van der Waals surface area contributed by atoms with Gasteiger partial charge in [-0.3, -0.25) is 4.79 Å². The van der Waals surface area contributed by atoms with Gasteiger partial charge in [0.25, 0.3) is 0 Å². The highest BCUT2D eigenvalue weighted by Gasteiger charge is 2.31. The summed E-state index contributed by atoms with van der Waals surface area (Å²) in [7, 11) is -3.03. The smallest absolute Gasteiger partial charge is 0.226 e. The van der Waals surface area contributed by atoms with E-state index in [0.29, 0.717) is 12.2 Å². The zero-order valence-electron chi connectivity index (χ0n) is 13.9. The second-order valence-electron chi connectivity index (χ2n) is 6.42. The zero-order chi connectivity index (χ0) is 18.0. The minimum absolute atomic E-state index is 0.0452. The first-order chi connectivity index (χ1) is 11.8. The van der Waals surface area contributed by atoms with Crippen LogP contribution in [0.5, 0.6) is 0 Å². The van der Waals surface area contributed by atoms with Crippen LogP contribution in [0.2, 0.25) is 0 Å². The fourth-order valence-electron chi connectivity index (χ4n) is 3.05. The summed E-state index contributed by atoms with van der Waals surface area (Å²) in [5.74, 6) is 0.119. The van der Waals surface area contributed by atoms with E-state index in [1.165, 1.54) is 12.1 Å². The summed E-state index contributed by atoms with van der Waals surface area (Å²) in [6.45, 7) is 1.90. The van der Waals surface area contributed by atoms with Gasteiger partial charge in [0.15, 0.2) is 9.84 Å². The molecule has 0 saturated carbocycles. The third-order valence-corrected chi connectivity index (χ3v) is 6.17. The van der Waals surface area contributed by atoms with Crippen molar-refractivity contribution in [1.82, 2.24) is 9.78 Å². The summed E-state index contributed by atoms with van der Waals surface area (Å²) in [6, 6.07) is 7.50. The summed E-state index contributed by atoms with van der Waals surface area (Å²) >= 11 is 0. The van der Waals surface area contributed by atoms with Gasteiger partial charge in [0.2, 0.25) is 5.91 Å². The number of nitrogens with zero attached hydrogens (tertiary/aromatic N) is 2. The van der Waals surface area contributed by atoms with Crippen molar-refractivity contribution in [3.05, 3.63) is 47.9 Å². The van der Waals surface area contributed by atoms with Crippen LogP contribution in [0, 0.1) is 5.82 Å². The molecule has 1 aliphatic rings. The normalized spacial score (nSPS) is 20.3. The van der Waals surface area contributed by atoms with Gasteiger partial charge < -0.3 is 5.32 Å². The minimum Gasteiger partial charge on any atom is -0.311 e. The third kappa shape index (κ3) is 4.25. The molecule has 8 heteroatoms. The van der Waals surface area contributed by atoms with E-state index in [1.807, 2.05) is 6.92 Å². The van der Waals surface area contributed by atoms with Crippen LogP contribution in [-0.4, -0.2) is 35.6 Å². The van der Waals surface area contributed by atoms with Gasteiger partial charge in [0, 0.05) is 12.5 Å². The Labute approximate surface area is 146 Å². The van der Waals surface area contributed by atoms with E-state index in [0.717, 1.165) is 5.56 Å². The first-order valence-electron chi connectivity index (χ1n) is 8.13. The van der Waals surface area contributed by atoms with Gasteiger partial charge in [-0.2, -0.15) is 5.10 Å². The molecule has 1 aromatic heterocycles. The van der Waals surface area contributed by atoms with Gasteiger partial charge in [-0.1, -0.05) is 19.1 Å². The summed E-state index contributed by atoms with van der Waals surface area (Å²) in [5.41, 5.74) is 0.881. The number of amides is 1. The highest BCUT2D eigenvalue weighted by atomic mass is 32.2. The molecule has 0 spiro atoms. The molecule has 1 aliphatic heterocycles. The zero-order valence-corrected chi connectivity index (χ0v) is 14.7. The molecule has 0 unspecified atom stereocenters. The van der Waals surface area contributed by atoms with Crippen LogP contribution in [0.4, 0.5) is 10.2 Å². The van der Waals surface area contributed by atoms with Crippen molar-refractivity contribution in [3.63, 3.8) is 0 Å². The topological polar surface area (TPSA) is 81.1 Å². The van der Waals surface area contributed by atoms with E-state index in [1.54, 1.807) is 29.1 Å². The van der Waals surface area contributed by atoms with Crippen molar-refractivity contribution < 1.29 is 17.6 Å². The molecule has 1 N–H and O–H groups in total. The molecule has 1 aromatic carbocycles. The van der Waals surface area contributed by atoms with Gasteiger partial charge in [0.05, 0.1) is 23.7 Å². The molecule has 1 saturated heterocycles. The van der Waals surface area contributed by atoms with Gasteiger partial charge in [-0.05, 0) is 30.0 Å². The molecule has 6 nitrogen and oxygen atoms in total. The molecule has 2 aromatic rings. The average Bonchev–Trinajstić information content (AvgIpc) is 3.13. The molecule has 0 bridgehead atoms. The van der Waals surface area contributed by atoms with Crippen LogP contribution in [0.25, 0.3) is 0 Å². The Morgan fingerprint density at radius 1 is 1.36 bits per heavy atom. The summed E-state index contributed by atoms with van der Waals surface area (Å²) in [4.78, 5) is 12.3. The maximum absolute atomic E-state index is 13.0. The van der Waals surface area contributed by atoms with Crippen molar-refractivity contribution in [1.29, 1.82) is 0 Å². The van der Waals surface area contributed by atoms with Crippen molar-refractivity contribution in [2.75, 3.05) is 16.8 Å². The molecule has 1 amide bonds. The Kier molecular flexibility index (Phi) is 4.89. The van der Waals surface area contributed by atoms with Crippen molar-refractivity contribution >= 4 is 21.6 Å². The van der Waals surface area contributed by atoms with E-state index in [4.69, 9.17) is 0 Å². The molecule has 2 atom stereocenters. The van der Waals surface area contributed by atoms with E-state index < -0.39 is 9.84 Å². The number of carbonyl (C=O) groups is 1. The van der Waals surface area contributed by atoms with E-state index in [9.17, 15) is 17.6 Å². The highest BCUT2D eigenvalue weighted by Crippen LogP contribution is 2.26. The number of hydrogen-bond acceptors (Lipinski definition) is 4.